The Hall–Kier alpha value is -0.410. The van der Waals surface area contributed by atoms with Gasteiger partial charge in [0, 0.05) is 12.0 Å². The van der Waals surface area contributed by atoms with E-state index >= 15 is 0 Å². The van der Waals surface area contributed by atoms with Crippen molar-refractivity contribution in [2.45, 2.75) is 24.8 Å². The van der Waals surface area contributed by atoms with Crippen LogP contribution in [0.15, 0.2) is 0 Å². The van der Waals surface area contributed by atoms with Crippen LogP contribution in [0.1, 0.15) is 19.3 Å². The van der Waals surface area contributed by atoms with Gasteiger partial charge in [0.1, 0.15) is 5.78 Å². The molecule has 0 saturated carbocycles. The third kappa shape index (κ3) is 1.17. The smallest absolute Gasteiger partial charge is 0.148 e. The van der Waals surface area contributed by atoms with Crippen LogP contribution >= 0.6 is 0 Å². The van der Waals surface area contributed by atoms with Crippen molar-refractivity contribution in [1.82, 2.24) is 10.2 Å². The topological polar surface area (TPSA) is 32.3 Å². The molecule has 3 heteroatoms. The van der Waals surface area contributed by atoms with E-state index in [9.17, 15) is 4.79 Å². The molecule has 0 amide bonds. The quantitative estimate of drug-likeness (QED) is 0.553. The zero-order valence-electron chi connectivity index (χ0n) is 7.60. The third-order valence-electron chi connectivity index (χ3n) is 3.28. The van der Waals surface area contributed by atoms with Gasteiger partial charge in [-0.3, -0.25) is 9.69 Å². The van der Waals surface area contributed by atoms with Crippen molar-refractivity contribution in [2.24, 2.45) is 0 Å². The van der Waals surface area contributed by atoms with Crippen molar-refractivity contribution in [1.29, 1.82) is 0 Å². The first-order chi connectivity index (χ1) is 5.73. The lowest BCUT2D eigenvalue weighted by Crippen LogP contribution is -2.49. The highest BCUT2D eigenvalue weighted by Gasteiger charge is 2.43. The number of piperidine rings is 1. The maximum atomic E-state index is 11.3. The van der Waals surface area contributed by atoms with Crippen molar-refractivity contribution in [3.63, 3.8) is 0 Å². The van der Waals surface area contributed by atoms with Crippen molar-refractivity contribution < 1.29 is 4.79 Å². The van der Waals surface area contributed by atoms with Gasteiger partial charge < -0.3 is 5.32 Å². The number of carbonyl (C=O) groups excluding carboxylic acids is 1. The Morgan fingerprint density at radius 3 is 2.58 bits per heavy atom. The molecule has 0 radical (unpaired) electrons. The molecule has 68 valence electrons. The Morgan fingerprint density at radius 2 is 2.08 bits per heavy atom. The number of Topliss-reactive ketones (excluding diaryl/α,β-unsaturated/α-hetero) is 1. The molecule has 0 bridgehead atoms. The summed E-state index contributed by atoms with van der Waals surface area (Å²) in [5, 5.41) is 3.33. The Bertz CT molecular complexity index is 197. The average Bonchev–Trinajstić information content (AvgIpc) is 2.29. The number of hydrogen-bond donors (Lipinski definition) is 1. The molecule has 0 unspecified atom stereocenters. The number of hydrogen-bond acceptors (Lipinski definition) is 3. The molecule has 2 aliphatic heterocycles. The second kappa shape index (κ2) is 2.82. The van der Waals surface area contributed by atoms with Gasteiger partial charge in [0.15, 0.2) is 0 Å². The van der Waals surface area contributed by atoms with Crippen LogP contribution in [0.5, 0.6) is 0 Å². The van der Waals surface area contributed by atoms with Crippen LogP contribution in [0.25, 0.3) is 0 Å². The summed E-state index contributed by atoms with van der Waals surface area (Å²) < 4.78 is 0. The van der Waals surface area contributed by atoms with Gasteiger partial charge in [-0.05, 0) is 33.0 Å². The average molecular weight is 168 g/mol. The van der Waals surface area contributed by atoms with E-state index < -0.39 is 0 Å². The monoisotopic (exact) mass is 168 g/mol. The van der Waals surface area contributed by atoms with Gasteiger partial charge in [0.05, 0.1) is 6.54 Å². The van der Waals surface area contributed by atoms with Crippen molar-refractivity contribution >= 4 is 5.78 Å². The van der Waals surface area contributed by atoms with Crippen LogP contribution in [-0.4, -0.2) is 42.9 Å². The number of ketones is 1. The highest BCUT2D eigenvalue weighted by Crippen LogP contribution is 2.33. The maximum Gasteiger partial charge on any atom is 0.148 e. The first-order valence-corrected chi connectivity index (χ1v) is 4.67. The van der Waals surface area contributed by atoms with Gasteiger partial charge in [-0.2, -0.15) is 0 Å². The van der Waals surface area contributed by atoms with Gasteiger partial charge >= 0.3 is 0 Å². The second-order valence-corrected chi connectivity index (χ2v) is 4.05. The van der Waals surface area contributed by atoms with Crippen LogP contribution in [0.3, 0.4) is 0 Å². The molecule has 0 aromatic heterocycles. The van der Waals surface area contributed by atoms with E-state index in [0.717, 1.165) is 32.4 Å². The molecule has 2 saturated heterocycles. The zero-order chi connectivity index (χ0) is 8.60. The van der Waals surface area contributed by atoms with Crippen molar-refractivity contribution in [3.05, 3.63) is 0 Å². The minimum absolute atomic E-state index is 0.225. The predicted molar refractivity (Wildman–Crippen MR) is 47.1 cm³/mol. The van der Waals surface area contributed by atoms with E-state index in [1.165, 1.54) is 0 Å². The lowest BCUT2D eigenvalue weighted by Gasteiger charge is -2.39. The third-order valence-corrected chi connectivity index (χ3v) is 3.28. The number of likely N-dealkylation sites (N-methyl/N-ethyl adjacent to an activating group) is 1. The number of nitrogens with one attached hydrogen (secondary N) is 1. The molecule has 2 heterocycles. The van der Waals surface area contributed by atoms with E-state index in [2.05, 4.69) is 17.3 Å². The van der Waals surface area contributed by atoms with E-state index in [1.54, 1.807) is 0 Å². The van der Waals surface area contributed by atoms with Gasteiger partial charge in [-0.15, -0.1) is 0 Å². The number of nitrogens with zero attached hydrogens (tertiary/aromatic N) is 1. The largest absolute Gasteiger partial charge is 0.317 e. The summed E-state index contributed by atoms with van der Waals surface area (Å²) in [6, 6.07) is 0. The normalized spacial score (nSPS) is 29.9. The molecule has 12 heavy (non-hydrogen) atoms. The molecule has 1 N–H and O–H groups in total. The van der Waals surface area contributed by atoms with Gasteiger partial charge in [0.25, 0.3) is 0 Å². The molecular weight excluding hydrogens is 152 g/mol. The van der Waals surface area contributed by atoms with Crippen LogP contribution in [0.2, 0.25) is 0 Å². The Kier molecular flexibility index (Phi) is 1.93. The summed E-state index contributed by atoms with van der Waals surface area (Å²) in [6.07, 6.45) is 3.05. The lowest BCUT2D eigenvalue weighted by molar-refractivity contribution is -0.117. The minimum atomic E-state index is 0.225. The fraction of sp³-hybridized carbons (Fsp3) is 0.889. The summed E-state index contributed by atoms with van der Waals surface area (Å²) in [5.41, 5.74) is 0.225. The van der Waals surface area contributed by atoms with Gasteiger partial charge in [-0.1, -0.05) is 0 Å². The summed E-state index contributed by atoms with van der Waals surface area (Å²) in [7, 11) is 2.08. The van der Waals surface area contributed by atoms with E-state index in [1.807, 2.05) is 0 Å². The maximum absolute atomic E-state index is 11.3. The SMILES string of the molecule is CN1CC(=O)CC12CCNCC2. The second-order valence-electron chi connectivity index (χ2n) is 4.05. The Labute approximate surface area is 73.1 Å². The highest BCUT2D eigenvalue weighted by atomic mass is 16.1. The van der Waals surface area contributed by atoms with E-state index in [4.69, 9.17) is 0 Å². The summed E-state index contributed by atoms with van der Waals surface area (Å²) >= 11 is 0. The first-order valence-electron chi connectivity index (χ1n) is 4.67. The molecule has 0 aliphatic carbocycles. The molecule has 2 rings (SSSR count). The first kappa shape index (κ1) is 8.20. The molecular formula is C9H16N2O. The standard InChI is InChI=1S/C9H16N2O/c1-11-7-8(12)6-9(11)2-4-10-5-3-9/h10H,2-7H2,1H3. The highest BCUT2D eigenvalue weighted by molar-refractivity contribution is 5.84. The predicted octanol–water partition coefficient (Wildman–Crippen LogP) is 0.0132. The van der Waals surface area contributed by atoms with E-state index in [-0.39, 0.29) is 5.54 Å². The van der Waals surface area contributed by atoms with Crippen LogP contribution in [-0.2, 0) is 4.79 Å². The fourth-order valence-corrected chi connectivity index (χ4v) is 2.44. The van der Waals surface area contributed by atoms with E-state index in [0.29, 0.717) is 12.3 Å². The van der Waals surface area contributed by atoms with Gasteiger partial charge in [0.2, 0.25) is 0 Å². The molecule has 2 fully saturated rings. The molecule has 3 nitrogen and oxygen atoms in total. The Balaban J connectivity index is 2.13. The van der Waals surface area contributed by atoms with Crippen LogP contribution in [0, 0.1) is 0 Å². The van der Waals surface area contributed by atoms with Gasteiger partial charge in [-0.25, -0.2) is 0 Å². The summed E-state index contributed by atoms with van der Waals surface area (Å²) in [5.74, 6) is 0.416. The molecule has 0 aromatic rings. The molecule has 1 spiro atoms. The molecule has 0 atom stereocenters. The van der Waals surface area contributed by atoms with Crippen molar-refractivity contribution in [2.75, 3.05) is 26.7 Å². The van der Waals surface area contributed by atoms with Crippen molar-refractivity contribution in [3.8, 4) is 0 Å². The summed E-state index contributed by atoms with van der Waals surface area (Å²) in [6.45, 7) is 2.80. The number of rotatable bonds is 0. The fourth-order valence-electron chi connectivity index (χ4n) is 2.44. The molecule has 0 aromatic carbocycles. The number of carbonyl (C=O) groups is 1. The zero-order valence-corrected chi connectivity index (χ0v) is 7.60. The minimum Gasteiger partial charge on any atom is -0.317 e. The molecule has 2 aliphatic rings. The van der Waals surface area contributed by atoms with Crippen LogP contribution in [0.4, 0.5) is 0 Å². The Morgan fingerprint density at radius 1 is 1.42 bits per heavy atom. The number of likely N-dealkylation sites (tertiary alicyclic amines) is 1. The summed E-state index contributed by atoms with van der Waals surface area (Å²) in [4.78, 5) is 13.5. The lowest BCUT2D eigenvalue weighted by atomic mass is 9.86. The van der Waals surface area contributed by atoms with Crippen LogP contribution < -0.4 is 5.32 Å².